The highest BCUT2D eigenvalue weighted by Crippen LogP contribution is 2.41. The lowest BCUT2D eigenvalue weighted by Gasteiger charge is -2.33. The van der Waals surface area contributed by atoms with E-state index in [1.54, 1.807) is 0 Å². The molecule has 4 nitrogen and oxygen atoms in total. The minimum Gasteiger partial charge on any atom is -0.509 e. The number of hydrogen-bond acceptors (Lipinski definition) is 3. The Hall–Kier alpha value is -2.51. The molecule has 1 spiro atoms. The van der Waals surface area contributed by atoms with Crippen molar-refractivity contribution < 1.29 is 27.8 Å². The lowest BCUT2D eigenvalue weighted by Crippen LogP contribution is -2.48. The topological polar surface area (TPSA) is 58.6 Å². The largest absolute Gasteiger partial charge is 0.509 e. The van der Waals surface area contributed by atoms with Crippen LogP contribution in [0.1, 0.15) is 18.4 Å². The molecule has 2 aliphatic rings. The Morgan fingerprint density at radius 2 is 1.68 bits per heavy atom. The molecule has 0 atom stereocenters. The van der Waals surface area contributed by atoms with Gasteiger partial charge >= 0.3 is 0 Å². The smallest absolute Gasteiger partial charge is 0.256 e. The molecule has 28 heavy (non-hydrogen) atoms. The van der Waals surface area contributed by atoms with E-state index in [0.29, 0.717) is 31.6 Å². The third kappa shape index (κ3) is 2.95. The maximum Gasteiger partial charge on any atom is 0.256 e. The van der Waals surface area contributed by atoms with Crippen LogP contribution in [0.15, 0.2) is 36.1 Å². The van der Waals surface area contributed by atoms with Crippen LogP contribution in [-0.4, -0.2) is 29.8 Å². The summed E-state index contributed by atoms with van der Waals surface area (Å²) in [5.74, 6) is -4.83. The second-order valence-electron chi connectivity index (χ2n) is 6.82. The summed E-state index contributed by atoms with van der Waals surface area (Å²) in [6.07, 6.45) is 0.833. The highest BCUT2D eigenvalue weighted by molar-refractivity contribution is 6.35. The lowest BCUT2D eigenvalue weighted by molar-refractivity contribution is -0.117. The number of rotatable bonds is 2. The molecule has 0 bridgehead atoms. The molecule has 1 amide bonds. The van der Waals surface area contributed by atoms with Crippen LogP contribution in [0.2, 0.25) is 5.02 Å². The minimum atomic E-state index is -1.56. The number of aliphatic hydroxyl groups is 1. The van der Waals surface area contributed by atoms with Crippen molar-refractivity contribution in [2.75, 3.05) is 13.2 Å². The maximum absolute atomic E-state index is 13.6. The van der Waals surface area contributed by atoms with E-state index in [1.807, 2.05) is 0 Å². The second kappa shape index (κ2) is 6.83. The molecule has 0 aromatic heterocycles. The Morgan fingerprint density at radius 1 is 1.04 bits per heavy atom. The average Bonchev–Trinajstić information content (AvgIpc) is 2.90. The van der Waals surface area contributed by atoms with E-state index in [2.05, 4.69) is 5.32 Å². The van der Waals surface area contributed by atoms with Crippen molar-refractivity contribution in [2.45, 2.75) is 18.4 Å². The van der Waals surface area contributed by atoms with Crippen molar-refractivity contribution in [3.63, 3.8) is 0 Å². The fourth-order valence-electron chi connectivity index (χ4n) is 3.64. The molecule has 2 aliphatic heterocycles. The Labute approximate surface area is 163 Å². The molecule has 0 unspecified atom stereocenters. The molecule has 0 saturated carbocycles. The molecule has 2 aromatic rings. The van der Waals surface area contributed by atoms with Crippen LogP contribution < -0.4 is 5.32 Å². The predicted molar refractivity (Wildman–Crippen MR) is 97.2 cm³/mol. The van der Waals surface area contributed by atoms with Gasteiger partial charge in [0.05, 0.1) is 5.57 Å². The van der Waals surface area contributed by atoms with E-state index >= 15 is 0 Å². The summed E-state index contributed by atoms with van der Waals surface area (Å²) in [5.41, 5.74) is -0.274. The Balaban J connectivity index is 1.83. The SMILES string of the molecule is O=C1NC2(CCOCC2)C(O)=C1c1cc(-c2cc(F)c(F)c(F)c2)ccc1Cl. The van der Waals surface area contributed by atoms with Gasteiger partial charge in [-0.05, 0) is 35.4 Å². The molecule has 2 heterocycles. The number of nitrogens with one attached hydrogen (secondary N) is 1. The van der Waals surface area contributed by atoms with Crippen LogP contribution in [-0.2, 0) is 9.53 Å². The van der Waals surface area contributed by atoms with Gasteiger partial charge in [0.2, 0.25) is 0 Å². The summed E-state index contributed by atoms with van der Waals surface area (Å²) >= 11 is 6.25. The van der Waals surface area contributed by atoms with E-state index in [4.69, 9.17) is 16.3 Å². The summed E-state index contributed by atoms with van der Waals surface area (Å²) in [6.45, 7) is 0.777. The number of ether oxygens (including phenoxy) is 1. The molecule has 4 rings (SSSR count). The Morgan fingerprint density at radius 3 is 2.32 bits per heavy atom. The van der Waals surface area contributed by atoms with Crippen molar-refractivity contribution in [3.05, 3.63) is 64.1 Å². The number of benzene rings is 2. The third-order valence-corrected chi connectivity index (χ3v) is 5.50. The number of halogens is 4. The number of hydrogen-bond donors (Lipinski definition) is 2. The monoisotopic (exact) mass is 409 g/mol. The minimum absolute atomic E-state index is 0.0109. The van der Waals surface area contributed by atoms with Crippen LogP contribution in [0.3, 0.4) is 0 Å². The van der Waals surface area contributed by atoms with E-state index in [-0.39, 0.29) is 27.5 Å². The number of carbonyl (C=O) groups excluding carboxylic acids is 1. The van der Waals surface area contributed by atoms with Crippen molar-refractivity contribution in [2.24, 2.45) is 0 Å². The van der Waals surface area contributed by atoms with E-state index in [1.165, 1.54) is 18.2 Å². The van der Waals surface area contributed by atoms with Gasteiger partial charge in [0.15, 0.2) is 17.5 Å². The second-order valence-corrected chi connectivity index (χ2v) is 7.23. The van der Waals surface area contributed by atoms with Gasteiger partial charge in [0, 0.05) is 36.6 Å². The van der Waals surface area contributed by atoms with Crippen LogP contribution in [0.4, 0.5) is 13.2 Å². The van der Waals surface area contributed by atoms with E-state index < -0.39 is 28.9 Å². The Kier molecular flexibility index (Phi) is 4.59. The van der Waals surface area contributed by atoms with Crippen molar-refractivity contribution in [1.82, 2.24) is 5.32 Å². The first kappa shape index (κ1) is 18.8. The van der Waals surface area contributed by atoms with Gasteiger partial charge in [-0.25, -0.2) is 13.2 Å². The van der Waals surface area contributed by atoms with Crippen LogP contribution in [0, 0.1) is 17.5 Å². The third-order valence-electron chi connectivity index (χ3n) is 5.17. The van der Waals surface area contributed by atoms with Gasteiger partial charge in [-0.2, -0.15) is 0 Å². The first-order valence-electron chi connectivity index (χ1n) is 8.61. The normalized spacial score (nSPS) is 18.6. The van der Waals surface area contributed by atoms with Crippen LogP contribution in [0.25, 0.3) is 16.7 Å². The maximum atomic E-state index is 13.6. The van der Waals surface area contributed by atoms with Crippen molar-refractivity contribution >= 4 is 23.1 Å². The summed E-state index contributed by atoms with van der Waals surface area (Å²) in [4.78, 5) is 12.6. The van der Waals surface area contributed by atoms with Gasteiger partial charge < -0.3 is 15.2 Å². The molecule has 1 saturated heterocycles. The fraction of sp³-hybridized carbons (Fsp3) is 0.250. The van der Waals surface area contributed by atoms with Crippen LogP contribution in [0.5, 0.6) is 0 Å². The molecule has 146 valence electrons. The zero-order valence-electron chi connectivity index (χ0n) is 14.5. The average molecular weight is 410 g/mol. The summed E-state index contributed by atoms with van der Waals surface area (Å²) in [5, 5.41) is 13.8. The first-order chi connectivity index (χ1) is 13.3. The summed E-state index contributed by atoms with van der Waals surface area (Å²) in [6, 6.07) is 6.10. The highest BCUT2D eigenvalue weighted by atomic mass is 35.5. The zero-order chi connectivity index (χ0) is 20.1. The molecule has 0 radical (unpaired) electrons. The van der Waals surface area contributed by atoms with Crippen LogP contribution >= 0.6 is 11.6 Å². The standard InChI is InChI=1S/C20H15ClF3NO3/c21-13-2-1-10(11-8-14(22)17(24)15(23)9-11)7-12(13)16-18(26)20(25-19(16)27)3-5-28-6-4-20/h1-2,7-9,26H,3-6H2,(H,25,27). The Bertz CT molecular complexity index is 993. The summed E-state index contributed by atoms with van der Waals surface area (Å²) < 4.78 is 45.8. The van der Waals surface area contributed by atoms with Gasteiger partial charge in [-0.3, -0.25) is 4.79 Å². The van der Waals surface area contributed by atoms with Gasteiger partial charge in [0.25, 0.3) is 5.91 Å². The number of aliphatic hydroxyl groups excluding tert-OH is 1. The van der Waals surface area contributed by atoms with Gasteiger partial charge in [-0.15, -0.1) is 0 Å². The molecular formula is C20H15ClF3NO3. The molecular weight excluding hydrogens is 395 g/mol. The van der Waals surface area contributed by atoms with E-state index in [0.717, 1.165) is 12.1 Å². The fourth-order valence-corrected chi connectivity index (χ4v) is 3.85. The molecule has 8 heteroatoms. The molecule has 1 fully saturated rings. The molecule has 2 N–H and O–H groups in total. The summed E-state index contributed by atoms with van der Waals surface area (Å²) in [7, 11) is 0. The van der Waals surface area contributed by atoms with Gasteiger partial charge in [0.1, 0.15) is 11.3 Å². The van der Waals surface area contributed by atoms with Crippen molar-refractivity contribution in [1.29, 1.82) is 0 Å². The highest BCUT2D eigenvalue weighted by Gasteiger charge is 2.47. The van der Waals surface area contributed by atoms with Gasteiger partial charge in [-0.1, -0.05) is 17.7 Å². The molecule has 0 aliphatic carbocycles. The quantitative estimate of drug-likeness (QED) is 0.724. The lowest BCUT2D eigenvalue weighted by atomic mass is 9.87. The number of carbonyl (C=O) groups is 1. The van der Waals surface area contributed by atoms with Crippen molar-refractivity contribution in [3.8, 4) is 11.1 Å². The zero-order valence-corrected chi connectivity index (χ0v) is 15.2. The first-order valence-corrected chi connectivity index (χ1v) is 8.99. The van der Waals surface area contributed by atoms with E-state index in [9.17, 15) is 23.1 Å². The molecule has 2 aromatic carbocycles. The number of amides is 1. The predicted octanol–water partition coefficient (Wildman–Crippen LogP) is 4.37.